The van der Waals surface area contributed by atoms with Gasteiger partial charge >= 0.3 is 5.97 Å². The van der Waals surface area contributed by atoms with Crippen molar-refractivity contribution in [1.82, 2.24) is 5.32 Å². The lowest BCUT2D eigenvalue weighted by atomic mass is 10.0. The van der Waals surface area contributed by atoms with Crippen LogP contribution in [0.15, 0.2) is 12.2 Å². The van der Waals surface area contributed by atoms with Gasteiger partial charge in [-0.15, -0.1) is 0 Å². The van der Waals surface area contributed by atoms with Gasteiger partial charge in [0.05, 0.1) is 25.4 Å². The average Bonchev–Trinajstić information content (AvgIpc) is 3.39. The molecule has 73 heavy (non-hydrogen) atoms. The highest BCUT2D eigenvalue weighted by Gasteiger charge is 2.20. The zero-order chi connectivity index (χ0) is 52.9. The van der Waals surface area contributed by atoms with Gasteiger partial charge in [-0.1, -0.05) is 328 Å². The minimum Gasteiger partial charge on any atom is -0.466 e. The number of nitrogens with one attached hydrogen (secondary N) is 1. The molecule has 0 aliphatic heterocycles. The van der Waals surface area contributed by atoms with E-state index in [1.54, 1.807) is 0 Å². The molecule has 0 aromatic rings. The molecule has 1 amide bonds. The third-order valence-electron chi connectivity index (χ3n) is 15.8. The van der Waals surface area contributed by atoms with E-state index in [1.165, 1.54) is 302 Å². The van der Waals surface area contributed by atoms with Gasteiger partial charge in [-0.3, -0.25) is 9.59 Å². The summed E-state index contributed by atoms with van der Waals surface area (Å²) in [6.45, 7) is 4.98. The fraction of sp³-hybridized carbons (Fsp3) is 0.940. The van der Waals surface area contributed by atoms with Gasteiger partial charge in [0.15, 0.2) is 0 Å². The Labute approximate surface area is 457 Å². The lowest BCUT2D eigenvalue weighted by Crippen LogP contribution is -2.45. The van der Waals surface area contributed by atoms with Crippen LogP contribution in [0.4, 0.5) is 0 Å². The van der Waals surface area contributed by atoms with Gasteiger partial charge in [0.25, 0.3) is 0 Å². The van der Waals surface area contributed by atoms with Crippen LogP contribution in [0.3, 0.4) is 0 Å². The lowest BCUT2D eigenvalue weighted by molar-refractivity contribution is -0.143. The van der Waals surface area contributed by atoms with Gasteiger partial charge in [-0.25, -0.2) is 0 Å². The number of rotatable bonds is 63. The van der Waals surface area contributed by atoms with Crippen LogP contribution in [0.25, 0.3) is 0 Å². The number of amides is 1. The molecule has 0 saturated carbocycles. The van der Waals surface area contributed by atoms with Crippen LogP contribution in [-0.2, 0) is 14.3 Å². The molecule has 6 nitrogen and oxygen atoms in total. The van der Waals surface area contributed by atoms with Crippen molar-refractivity contribution < 1.29 is 24.5 Å². The van der Waals surface area contributed by atoms with Crippen molar-refractivity contribution in [3.8, 4) is 0 Å². The summed E-state index contributed by atoms with van der Waals surface area (Å²) in [7, 11) is 0. The minimum atomic E-state index is -0.665. The summed E-state index contributed by atoms with van der Waals surface area (Å²) in [5.41, 5.74) is 0. The average molecular weight is 1030 g/mol. The first-order valence-corrected chi connectivity index (χ1v) is 33.4. The van der Waals surface area contributed by atoms with Crippen molar-refractivity contribution in [1.29, 1.82) is 0 Å². The van der Waals surface area contributed by atoms with E-state index in [0.717, 1.165) is 44.9 Å². The van der Waals surface area contributed by atoms with Crippen LogP contribution < -0.4 is 5.32 Å². The number of unbranched alkanes of at least 4 members (excludes halogenated alkanes) is 50. The van der Waals surface area contributed by atoms with Gasteiger partial charge in [0.2, 0.25) is 5.91 Å². The molecule has 0 saturated heterocycles. The van der Waals surface area contributed by atoms with Crippen molar-refractivity contribution >= 4 is 11.9 Å². The predicted molar refractivity (Wildman–Crippen MR) is 320 cm³/mol. The standard InChI is InChI=1S/C67H131NO5/c1-3-5-7-9-11-13-15-17-19-20-25-28-32-35-39-43-47-51-55-59-65(70)64(63-69)68-66(71)60-56-52-48-44-40-36-33-29-26-23-21-22-24-27-30-34-38-42-46-50-54-58-62-73-67(72)61-57-53-49-45-41-37-31-18-16-14-12-10-8-6-4-2/h18,31,64-65,69-70H,3-17,19-30,32-63H2,1-2H3,(H,68,71)/b31-18-. The highest BCUT2D eigenvalue weighted by molar-refractivity contribution is 5.76. The Kier molecular flexibility index (Phi) is 61.9. The SMILES string of the molecule is CCCCCCCC/C=C\CCCCCCCC(=O)OCCCCCCCCCCCCCCCCCCCCCCCCC(=O)NC(CO)C(O)CCCCCCCCCCCCCCCCCCCCC. The molecule has 0 aromatic heterocycles. The molecule has 3 N–H and O–H groups in total. The van der Waals surface area contributed by atoms with Crippen LogP contribution in [0, 0.1) is 0 Å². The molecule has 0 radical (unpaired) electrons. The van der Waals surface area contributed by atoms with E-state index < -0.39 is 12.1 Å². The molecular weight excluding hydrogens is 899 g/mol. The first kappa shape index (κ1) is 71.6. The second-order valence-corrected chi connectivity index (χ2v) is 23.2. The molecule has 2 atom stereocenters. The summed E-state index contributed by atoms with van der Waals surface area (Å²) in [5.74, 6) is -0.0247. The number of aliphatic hydroxyl groups is 2. The van der Waals surface area contributed by atoms with Crippen molar-refractivity contribution in [2.45, 2.75) is 392 Å². The van der Waals surface area contributed by atoms with Crippen molar-refractivity contribution in [2.75, 3.05) is 13.2 Å². The van der Waals surface area contributed by atoms with E-state index in [1.807, 2.05) is 0 Å². The van der Waals surface area contributed by atoms with E-state index in [-0.39, 0.29) is 18.5 Å². The first-order chi connectivity index (χ1) is 36.0. The summed E-state index contributed by atoms with van der Waals surface area (Å²) in [5, 5.41) is 23.4. The van der Waals surface area contributed by atoms with E-state index in [4.69, 9.17) is 4.74 Å². The van der Waals surface area contributed by atoms with Crippen LogP contribution >= 0.6 is 0 Å². The quantitative estimate of drug-likeness (QED) is 0.0320. The zero-order valence-corrected chi connectivity index (χ0v) is 49.6. The number of allylic oxidation sites excluding steroid dienone is 2. The molecule has 0 fully saturated rings. The van der Waals surface area contributed by atoms with E-state index in [2.05, 4.69) is 31.3 Å². The van der Waals surface area contributed by atoms with Crippen molar-refractivity contribution in [3.05, 3.63) is 12.2 Å². The number of ether oxygens (including phenoxy) is 1. The molecule has 0 heterocycles. The lowest BCUT2D eigenvalue weighted by Gasteiger charge is -2.22. The summed E-state index contributed by atoms with van der Waals surface area (Å²) in [6.07, 6.45) is 76.6. The monoisotopic (exact) mass is 1030 g/mol. The second kappa shape index (κ2) is 63.1. The molecule has 6 heteroatoms. The highest BCUT2D eigenvalue weighted by Crippen LogP contribution is 2.19. The molecule has 0 rings (SSSR count). The minimum absolute atomic E-state index is 0.00640. The highest BCUT2D eigenvalue weighted by atomic mass is 16.5. The summed E-state index contributed by atoms with van der Waals surface area (Å²) < 4.78 is 5.49. The van der Waals surface area contributed by atoms with Gasteiger partial charge < -0.3 is 20.3 Å². The molecule has 434 valence electrons. The number of aliphatic hydroxyl groups excluding tert-OH is 2. The fourth-order valence-electron chi connectivity index (χ4n) is 10.7. The molecule has 0 aliphatic carbocycles. The smallest absolute Gasteiger partial charge is 0.305 e. The van der Waals surface area contributed by atoms with E-state index in [0.29, 0.717) is 25.9 Å². The normalized spacial score (nSPS) is 12.5. The van der Waals surface area contributed by atoms with Gasteiger partial charge in [0, 0.05) is 12.8 Å². The first-order valence-electron chi connectivity index (χ1n) is 33.4. The maximum absolute atomic E-state index is 12.5. The number of carbonyl (C=O) groups excluding carboxylic acids is 2. The van der Waals surface area contributed by atoms with Gasteiger partial charge in [0.1, 0.15) is 0 Å². The van der Waals surface area contributed by atoms with Crippen LogP contribution in [0.5, 0.6) is 0 Å². The Morgan fingerprint density at radius 3 is 0.973 bits per heavy atom. The Hall–Kier alpha value is -1.40. The van der Waals surface area contributed by atoms with E-state index >= 15 is 0 Å². The number of carbonyl (C=O) groups is 2. The van der Waals surface area contributed by atoms with Gasteiger partial charge in [-0.2, -0.15) is 0 Å². The van der Waals surface area contributed by atoms with Crippen LogP contribution in [0.1, 0.15) is 380 Å². The third kappa shape index (κ3) is 59.7. The Morgan fingerprint density at radius 2 is 0.644 bits per heavy atom. The predicted octanol–water partition coefficient (Wildman–Crippen LogP) is 21.2. The largest absolute Gasteiger partial charge is 0.466 e. The Bertz CT molecular complexity index is 1100. The molecule has 2 unspecified atom stereocenters. The Morgan fingerprint density at radius 1 is 0.370 bits per heavy atom. The molecular formula is C67H131NO5. The fourth-order valence-corrected chi connectivity index (χ4v) is 10.7. The van der Waals surface area contributed by atoms with Crippen LogP contribution in [-0.4, -0.2) is 47.4 Å². The number of hydrogen-bond acceptors (Lipinski definition) is 5. The number of esters is 1. The Balaban J connectivity index is 3.37. The summed E-state index contributed by atoms with van der Waals surface area (Å²) in [4.78, 5) is 24.6. The topological polar surface area (TPSA) is 95.9 Å². The van der Waals surface area contributed by atoms with Crippen molar-refractivity contribution in [2.24, 2.45) is 0 Å². The zero-order valence-electron chi connectivity index (χ0n) is 49.6. The van der Waals surface area contributed by atoms with Crippen molar-refractivity contribution in [3.63, 3.8) is 0 Å². The summed E-state index contributed by atoms with van der Waals surface area (Å²) >= 11 is 0. The molecule has 0 aromatic carbocycles. The number of hydrogen-bond donors (Lipinski definition) is 3. The molecule has 0 bridgehead atoms. The maximum Gasteiger partial charge on any atom is 0.305 e. The third-order valence-corrected chi connectivity index (χ3v) is 15.8. The van der Waals surface area contributed by atoms with E-state index in [9.17, 15) is 19.8 Å². The van der Waals surface area contributed by atoms with Gasteiger partial charge in [-0.05, 0) is 51.4 Å². The maximum atomic E-state index is 12.5. The molecule has 0 aliphatic rings. The molecule has 0 spiro atoms. The van der Waals surface area contributed by atoms with Crippen LogP contribution in [0.2, 0.25) is 0 Å². The second-order valence-electron chi connectivity index (χ2n) is 23.2. The summed E-state index contributed by atoms with van der Waals surface area (Å²) in [6, 6.07) is -0.542.